The summed E-state index contributed by atoms with van der Waals surface area (Å²) in [6, 6.07) is 0. The molecule has 6 nitrogen and oxygen atoms in total. The lowest BCUT2D eigenvalue weighted by Gasteiger charge is -2.37. The summed E-state index contributed by atoms with van der Waals surface area (Å²) in [7, 11) is 0. The Morgan fingerprint density at radius 3 is 2.41 bits per heavy atom. The minimum absolute atomic E-state index is 0.315. The minimum Gasteiger partial charge on any atom is -0.444 e. The van der Waals surface area contributed by atoms with Crippen molar-refractivity contribution in [3.05, 3.63) is 0 Å². The van der Waals surface area contributed by atoms with Crippen molar-refractivity contribution in [2.75, 3.05) is 32.8 Å². The number of rotatable bonds is 5. The number of aliphatic hydroxyl groups is 1. The Hall–Kier alpha value is -0.850. The second-order valence-electron chi connectivity index (χ2n) is 8.01. The van der Waals surface area contributed by atoms with E-state index in [1.54, 1.807) is 4.90 Å². The van der Waals surface area contributed by atoms with E-state index in [1.807, 2.05) is 41.5 Å². The normalized spacial score (nSPS) is 22.7. The van der Waals surface area contributed by atoms with Gasteiger partial charge in [-0.25, -0.2) is 4.79 Å². The van der Waals surface area contributed by atoms with E-state index in [0.29, 0.717) is 39.3 Å². The molecule has 0 aromatic rings. The van der Waals surface area contributed by atoms with Crippen LogP contribution in [0.2, 0.25) is 0 Å². The number of ether oxygens (including phenoxy) is 2. The fourth-order valence-corrected chi connectivity index (χ4v) is 2.27. The molecule has 1 aliphatic rings. The zero-order valence-electron chi connectivity index (χ0n) is 14.9. The predicted molar refractivity (Wildman–Crippen MR) is 85.9 cm³/mol. The van der Waals surface area contributed by atoms with Crippen molar-refractivity contribution in [1.29, 1.82) is 0 Å². The van der Waals surface area contributed by atoms with Gasteiger partial charge >= 0.3 is 6.09 Å². The van der Waals surface area contributed by atoms with Gasteiger partial charge in [-0.05, 0) is 41.5 Å². The molecule has 0 radical (unpaired) electrons. The van der Waals surface area contributed by atoms with Crippen molar-refractivity contribution in [2.24, 2.45) is 0 Å². The summed E-state index contributed by atoms with van der Waals surface area (Å²) in [5, 5.41) is 13.4. The van der Waals surface area contributed by atoms with E-state index in [0.717, 1.165) is 0 Å². The molecule has 22 heavy (non-hydrogen) atoms. The zero-order valence-corrected chi connectivity index (χ0v) is 14.9. The monoisotopic (exact) mass is 316 g/mol. The van der Waals surface area contributed by atoms with Gasteiger partial charge in [0.1, 0.15) is 11.2 Å². The smallest absolute Gasteiger partial charge is 0.410 e. The van der Waals surface area contributed by atoms with E-state index in [-0.39, 0.29) is 11.6 Å². The average Bonchev–Trinajstić information content (AvgIpc) is 2.71. The van der Waals surface area contributed by atoms with Crippen LogP contribution in [0.15, 0.2) is 0 Å². The number of hydrogen-bond acceptors (Lipinski definition) is 5. The fraction of sp³-hybridized carbons (Fsp3) is 0.938. The number of nitrogens with zero attached hydrogens (tertiary/aromatic N) is 1. The molecule has 0 aliphatic carbocycles. The highest BCUT2D eigenvalue weighted by atomic mass is 16.6. The van der Waals surface area contributed by atoms with Crippen LogP contribution in [0.25, 0.3) is 0 Å². The van der Waals surface area contributed by atoms with Crippen LogP contribution in [0, 0.1) is 0 Å². The molecule has 0 saturated carbocycles. The van der Waals surface area contributed by atoms with Gasteiger partial charge in [0.05, 0.1) is 6.61 Å². The molecule has 2 N–H and O–H groups in total. The number of amides is 1. The van der Waals surface area contributed by atoms with Crippen LogP contribution in [0.4, 0.5) is 4.79 Å². The molecular formula is C16H32N2O4. The highest BCUT2D eigenvalue weighted by molar-refractivity contribution is 5.69. The second kappa shape index (κ2) is 7.15. The Labute approximate surface area is 134 Å². The van der Waals surface area contributed by atoms with Crippen molar-refractivity contribution in [3.63, 3.8) is 0 Å². The molecule has 1 unspecified atom stereocenters. The van der Waals surface area contributed by atoms with Crippen LogP contribution >= 0.6 is 0 Å². The lowest BCUT2D eigenvalue weighted by molar-refractivity contribution is 0.00506. The fourth-order valence-electron chi connectivity index (χ4n) is 2.27. The molecule has 0 aromatic carbocycles. The molecule has 1 saturated heterocycles. The van der Waals surface area contributed by atoms with Crippen molar-refractivity contribution < 1.29 is 19.4 Å². The molecule has 0 bridgehead atoms. The minimum atomic E-state index is -0.779. The quantitative estimate of drug-likeness (QED) is 0.756. The van der Waals surface area contributed by atoms with Gasteiger partial charge in [-0.1, -0.05) is 0 Å². The topological polar surface area (TPSA) is 71.0 Å². The maximum absolute atomic E-state index is 12.3. The van der Waals surface area contributed by atoms with Gasteiger partial charge in [-0.2, -0.15) is 0 Å². The third-order valence-electron chi connectivity index (χ3n) is 3.47. The second-order valence-corrected chi connectivity index (χ2v) is 8.01. The largest absolute Gasteiger partial charge is 0.444 e. The third kappa shape index (κ3) is 6.50. The Balaban J connectivity index is 2.47. The SMILES string of the molecule is CC(C)(C)OC(=O)N(CCNCC1(O)CCOC1)C(C)(C)C. The maximum Gasteiger partial charge on any atom is 0.410 e. The maximum atomic E-state index is 12.3. The van der Waals surface area contributed by atoms with Gasteiger partial charge in [0.15, 0.2) is 0 Å². The summed E-state index contributed by atoms with van der Waals surface area (Å²) in [5.41, 5.74) is -1.61. The van der Waals surface area contributed by atoms with Crippen molar-refractivity contribution in [2.45, 2.75) is 64.7 Å². The van der Waals surface area contributed by atoms with Gasteiger partial charge in [0.2, 0.25) is 0 Å². The summed E-state index contributed by atoms with van der Waals surface area (Å²) in [4.78, 5) is 14.0. The molecular weight excluding hydrogens is 284 g/mol. The van der Waals surface area contributed by atoms with Crippen molar-refractivity contribution in [3.8, 4) is 0 Å². The predicted octanol–water partition coefficient (Wildman–Crippen LogP) is 1.76. The molecule has 1 aliphatic heterocycles. The third-order valence-corrected chi connectivity index (χ3v) is 3.47. The Kier molecular flexibility index (Phi) is 6.24. The van der Waals surface area contributed by atoms with E-state index in [1.165, 1.54) is 0 Å². The van der Waals surface area contributed by atoms with E-state index in [2.05, 4.69) is 5.32 Å². The molecule has 1 heterocycles. The Morgan fingerprint density at radius 2 is 1.95 bits per heavy atom. The molecule has 1 amide bonds. The number of carbonyl (C=O) groups excluding carboxylic acids is 1. The highest BCUT2D eigenvalue weighted by Crippen LogP contribution is 2.19. The van der Waals surface area contributed by atoms with Gasteiger partial charge in [-0.15, -0.1) is 0 Å². The number of carbonyl (C=O) groups is 1. The summed E-state index contributed by atoms with van der Waals surface area (Å²) >= 11 is 0. The Bertz CT molecular complexity index is 365. The van der Waals surface area contributed by atoms with Crippen LogP contribution in [0.5, 0.6) is 0 Å². The summed E-state index contributed by atoms with van der Waals surface area (Å²) in [6.07, 6.45) is 0.333. The van der Waals surface area contributed by atoms with Gasteiger partial charge in [-0.3, -0.25) is 0 Å². The van der Waals surface area contributed by atoms with Crippen LogP contribution in [0.1, 0.15) is 48.0 Å². The van der Waals surface area contributed by atoms with Gasteiger partial charge in [0.25, 0.3) is 0 Å². The molecule has 130 valence electrons. The van der Waals surface area contributed by atoms with Gasteiger partial charge < -0.3 is 24.8 Å². The highest BCUT2D eigenvalue weighted by Gasteiger charge is 2.33. The van der Waals surface area contributed by atoms with Crippen LogP contribution in [-0.2, 0) is 9.47 Å². The van der Waals surface area contributed by atoms with Crippen molar-refractivity contribution >= 4 is 6.09 Å². The summed E-state index contributed by atoms with van der Waals surface area (Å²) in [6.45, 7) is 14.1. The van der Waals surface area contributed by atoms with E-state index in [4.69, 9.17) is 9.47 Å². The Morgan fingerprint density at radius 1 is 1.32 bits per heavy atom. The van der Waals surface area contributed by atoms with Gasteiger partial charge in [0, 0.05) is 38.2 Å². The lowest BCUT2D eigenvalue weighted by atomic mass is 10.0. The lowest BCUT2D eigenvalue weighted by Crippen LogP contribution is -2.51. The van der Waals surface area contributed by atoms with E-state index >= 15 is 0 Å². The molecule has 0 aromatic heterocycles. The molecule has 1 atom stereocenters. The first-order valence-corrected chi connectivity index (χ1v) is 7.94. The van der Waals surface area contributed by atoms with Crippen molar-refractivity contribution in [1.82, 2.24) is 10.2 Å². The first kappa shape index (κ1) is 19.2. The first-order chi connectivity index (χ1) is 9.93. The van der Waals surface area contributed by atoms with E-state index in [9.17, 15) is 9.90 Å². The molecule has 0 spiro atoms. The average molecular weight is 316 g/mol. The molecule has 1 fully saturated rings. The standard InChI is InChI=1S/C16H32N2O4/c1-14(2,3)18(13(19)22-15(4,5)6)9-8-17-11-16(20)7-10-21-12-16/h17,20H,7-12H2,1-6H3. The van der Waals surface area contributed by atoms with E-state index < -0.39 is 11.2 Å². The van der Waals surface area contributed by atoms with Crippen LogP contribution < -0.4 is 5.32 Å². The summed E-state index contributed by atoms with van der Waals surface area (Å²) in [5.74, 6) is 0. The molecule has 1 rings (SSSR count). The first-order valence-electron chi connectivity index (χ1n) is 7.94. The van der Waals surface area contributed by atoms with Crippen LogP contribution in [0.3, 0.4) is 0 Å². The number of hydrogen-bond donors (Lipinski definition) is 2. The molecule has 6 heteroatoms. The zero-order chi connectivity index (χ0) is 17.0. The summed E-state index contributed by atoms with van der Waals surface area (Å²) < 4.78 is 10.7. The van der Waals surface area contributed by atoms with Crippen LogP contribution in [-0.4, -0.2) is 65.7 Å². The number of nitrogens with one attached hydrogen (secondary N) is 1.